The van der Waals surface area contributed by atoms with Gasteiger partial charge in [-0.25, -0.2) is 0 Å². The lowest BCUT2D eigenvalue weighted by molar-refractivity contribution is -0.153. The lowest BCUT2D eigenvalue weighted by Gasteiger charge is -2.29. The number of nitrogens with zero attached hydrogens (tertiary/aromatic N) is 2. The minimum atomic E-state index is -4.33. The maximum absolute atomic E-state index is 12.7. The minimum Gasteiger partial charge on any atom is -0.463 e. The van der Waals surface area contributed by atoms with Gasteiger partial charge in [0.25, 0.3) is 0 Å². The van der Waals surface area contributed by atoms with Gasteiger partial charge in [0.05, 0.1) is 24.6 Å². The largest absolute Gasteiger partial charge is 0.463 e. The average molecular weight is 292 g/mol. The van der Waals surface area contributed by atoms with Crippen LogP contribution in [-0.4, -0.2) is 43.2 Å². The van der Waals surface area contributed by atoms with Crippen molar-refractivity contribution in [2.45, 2.75) is 32.5 Å². The third kappa shape index (κ3) is 5.24. The summed E-state index contributed by atoms with van der Waals surface area (Å²) in [5, 5.41) is 5.07. The van der Waals surface area contributed by atoms with Gasteiger partial charge in [-0.3, -0.25) is 5.01 Å². The van der Waals surface area contributed by atoms with Crippen molar-refractivity contribution in [1.82, 2.24) is 5.01 Å². The zero-order chi connectivity index (χ0) is 15.2. The number of hydrazone groups is 1. The number of rotatable bonds is 7. The van der Waals surface area contributed by atoms with Crippen LogP contribution in [0.5, 0.6) is 0 Å². The molecule has 7 heteroatoms. The van der Waals surface area contributed by atoms with Gasteiger partial charge in [0.15, 0.2) is 0 Å². The monoisotopic (exact) mass is 292 g/mol. The molecule has 1 atom stereocenters. The Labute approximate surface area is 116 Å². The van der Waals surface area contributed by atoms with Gasteiger partial charge in [-0.1, -0.05) is 6.92 Å². The second-order valence-electron chi connectivity index (χ2n) is 4.39. The quantitative estimate of drug-likeness (QED) is 0.571. The Kier molecular flexibility index (Phi) is 6.06. The summed E-state index contributed by atoms with van der Waals surface area (Å²) in [5.74, 6) is 0.449. The van der Waals surface area contributed by atoms with Crippen LogP contribution in [-0.2, 0) is 4.74 Å². The van der Waals surface area contributed by atoms with Crippen molar-refractivity contribution in [2.75, 3.05) is 20.3 Å². The molecule has 0 aliphatic carbocycles. The summed E-state index contributed by atoms with van der Waals surface area (Å²) in [5.41, 5.74) is 0.397. The first kappa shape index (κ1) is 16.6. The molecule has 0 saturated carbocycles. The molecule has 0 unspecified atom stereocenters. The predicted molar refractivity (Wildman–Crippen MR) is 69.6 cm³/mol. The molecule has 1 aromatic heterocycles. The summed E-state index contributed by atoms with van der Waals surface area (Å²) >= 11 is 0. The van der Waals surface area contributed by atoms with Crippen molar-refractivity contribution in [3.8, 4) is 0 Å². The van der Waals surface area contributed by atoms with E-state index in [4.69, 9.17) is 9.15 Å². The first-order chi connectivity index (χ1) is 9.37. The van der Waals surface area contributed by atoms with Crippen LogP contribution >= 0.6 is 0 Å². The van der Waals surface area contributed by atoms with Gasteiger partial charge in [0.1, 0.15) is 12.3 Å². The third-order valence-corrected chi connectivity index (χ3v) is 2.75. The maximum Gasteiger partial charge on any atom is 0.407 e. The Balaban J connectivity index is 2.94. The molecule has 20 heavy (non-hydrogen) atoms. The summed E-state index contributed by atoms with van der Waals surface area (Å²) < 4.78 is 48.1. The lowest BCUT2D eigenvalue weighted by atomic mass is 10.2. The fraction of sp³-hybridized carbons (Fsp3) is 0.615. The van der Waals surface area contributed by atoms with Crippen molar-refractivity contribution in [3.63, 3.8) is 0 Å². The number of hydrogen-bond donors (Lipinski definition) is 0. The van der Waals surface area contributed by atoms with Crippen LogP contribution in [0.1, 0.15) is 26.0 Å². The van der Waals surface area contributed by atoms with Crippen molar-refractivity contribution < 1.29 is 22.3 Å². The maximum atomic E-state index is 12.7. The minimum absolute atomic E-state index is 0.182. The number of hydrogen-bond acceptors (Lipinski definition) is 4. The van der Waals surface area contributed by atoms with E-state index in [2.05, 4.69) is 5.10 Å². The molecule has 1 heterocycles. The Morgan fingerprint density at radius 2 is 2.20 bits per heavy atom. The molecule has 1 rings (SSSR count). The lowest BCUT2D eigenvalue weighted by Crippen LogP contribution is -2.41. The van der Waals surface area contributed by atoms with Gasteiger partial charge in [-0.2, -0.15) is 18.3 Å². The van der Waals surface area contributed by atoms with E-state index in [9.17, 15) is 13.2 Å². The highest BCUT2D eigenvalue weighted by Crippen LogP contribution is 2.20. The number of alkyl halides is 3. The first-order valence-electron chi connectivity index (χ1n) is 6.28. The summed E-state index contributed by atoms with van der Waals surface area (Å²) in [7, 11) is 1.46. The molecule has 0 N–H and O–H groups in total. The molecule has 0 aromatic carbocycles. The summed E-state index contributed by atoms with van der Waals surface area (Å²) in [6.45, 7) is 2.47. The summed E-state index contributed by atoms with van der Waals surface area (Å²) in [6.07, 6.45) is -2.37. The topological polar surface area (TPSA) is 38.0 Å². The molecule has 0 aliphatic heterocycles. The van der Waals surface area contributed by atoms with Crippen molar-refractivity contribution in [2.24, 2.45) is 5.10 Å². The van der Waals surface area contributed by atoms with Gasteiger partial charge in [0.2, 0.25) is 0 Å². The van der Waals surface area contributed by atoms with Gasteiger partial charge in [0, 0.05) is 7.11 Å². The average Bonchev–Trinajstić information content (AvgIpc) is 2.87. The van der Waals surface area contributed by atoms with E-state index in [0.717, 1.165) is 5.01 Å². The number of ether oxygens (including phenoxy) is 1. The van der Waals surface area contributed by atoms with Crippen molar-refractivity contribution in [1.29, 1.82) is 0 Å². The number of furan rings is 1. The molecule has 0 saturated heterocycles. The Morgan fingerprint density at radius 3 is 2.65 bits per heavy atom. The predicted octanol–water partition coefficient (Wildman–Crippen LogP) is 3.29. The molecule has 1 aromatic rings. The summed E-state index contributed by atoms with van der Waals surface area (Å²) in [6, 6.07) is 2.88. The second-order valence-corrected chi connectivity index (χ2v) is 4.39. The Bertz CT molecular complexity index is 416. The van der Waals surface area contributed by atoms with Crippen LogP contribution in [0.25, 0.3) is 0 Å². The second kappa shape index (κ2) is 7.33. The van der Waals surface area contributed by atoms with Gasteiger partial charge in [-0.05, 0) is 25.5 Å². The molecule has 0 radical (unpaired) electrons. The molecule has 114 valence electrons. The third-order valence-electron chi connectivity index (χ3n) is 2.75. The fourth-order valence-electron chi connectivity index (χ4n) is 1.76. The zero-order valence-electron chi connectivity index (χ0n) is 11.8. The highest BCUT2D eigenvalue weighted by molar-refractivity contribution is 5.95. The van der Waals surface area contributed by atoms with E-state index in [1.165, 1.54) is 13.4 Å². The van der Waals surface area contributed by atoms with Gasteiger partial charge < -0.3 is 9.15 Å². The van der Waals surface area contributed by atoms with E-state index in [0.29, 0.717) is 17.9 Å². The molecule has 0 spiro atoms. The standard InChI is InChI=1S/C13H19F3N2O2/c1-4-11(8-19-3)18(9-13(14,15)16)17-10(2)12-6-5-7-20-12/h5-7,11H,4,8-9H2,1-3H3/b17-10+/t11-/m1/s1. The van der Waals surface area contributed by atoms with E-state index in [-0.39, 0.29) is 6.61 Å². The van der Waals surface area contributed by atoms with Crippen LogP contribution in [0.15, 0.2) is 27.9 Å². The van der Waals surface area contributed by atoms with Crippen LogP contribution in [0.3, 0.4) is 0 Å². The van der Waals surface area contributed by atoms with Gasteiger partial charge >= 0.3 is 6.18 Å². The molecular formula is C13H19F3N2O2. The molecule has 0 bridgehead atoms. The van der Waals surface area contributed by atoms with Crippen LogP contribution in [0, 0.1) is 0 Å². The van der Waals surface area contributed by atoms with Crippen LogP contribution in [0.4, 0.5) is 13.2 Å². The fourth-order valence-corrected chi connectivity index (χ4v) is 1.76. The highest BCUT2D eigenvalue weighted by atomic mass is 19.4. The van der Waals surface area contributed by atoms with Crippen molar-refractivity contribution in [3.05, 3.63) is 24.2 Å². The van der Waals surface area contributed by atoms with E-state index < -0.39 is 18.8 Å². The summed E-state index contributed by atoms with van der Waals surface area (Å²) in [4.78, 5) is 0. The van der Waals surface area contributed by atoms with Gasteiger partial charge in [-0.15, -0.1) is 0 Å². The molecule has 4 nitrogen and oxygen atoms in total. The molecule has 0 aliphatic rings. The van der Waals surface area contributed by atoms with Crippen LogP contribution < -0.4 is 0 Å². The number of halogens is 3. The SMILES string of the molecule is CC[C@H](COC)N(CC(F)(F)F)/N=C(\C)c1ccco1. The van der Waals surface area contributed by atoms with Crippen molar-refractivity contribution >= 4 is 5.71 Å². The molecule has 0 amide bonds. The van der Waals surface area contributed by atoms with E-state index in [1.807, 2.05) is 0 Å². The van der Waals surface area contributed by atoms with E-state index >= 15 is 0 Å². The molecule has 0 fully saturated rings. The smallest absolute Gasteiger partial charge is 0.407 e. The van der Waals surface area contributed by atoms with Crippen LogP contribution in [0.2, 0.25) is 0 Å². The normalized spacial score (nSPS) is 14.4. The Morgan fingerprint density at radius 1 is 1.50 bits per heavy atom. The Hall–Kier alpha value is -1.50. The first-order valence-corrected chi connectivity index (χ1v) is 6.28. The number of methoxy groups -OCH3 is 1. The molecular weight excluding hydrogens is 273 g/mol. The zero-order valence-corrected chi connectivity index (χ0v) is 11.8. The highest BCUT2D eigenvalue weighted by Gasteiger charge is 2.33. The van der Waals surface area contributed by atoms with E-state index in [1.54, 1.807) is 26.0 Å².